The summed E-state index contributed by atoms with van der Waals surface area (Å²) in [6.07, 6.45) is 0. The molecule has 0 aliphatic carbocycles. The van der Waals surface area contributed by atoms with E-state index in [1.54, 1.807) is 16.0 Å². The second-order valence-corrected chi connectivity index (χ2v) is 7.17. The number of hydrogen-bond acceptors (Lipinski definition) is 6. The lowest BCUT2D eigenvalue weighted by Gasteiger charge is -2.12. The molecule has 3 rings (SSSR count). The average Bonchev–Trinajstić information content (AvgIpc) is 3.25. The predicted octanol–water partition coefficient (Wildman–Crippen LogP) is 3.00. The van der Waals surface area contributed by atoms with Gasteiger partial charge in [-0.15, -0.1) is 16.4 Å². The molecule has 0 aliphatic rings. The molecular weight excluding hydrogens is 342 g/mol. The van der Waals surface area contributed by atoms with Crippen molar-refractivity contribution in [3.05, 3.63) is 52.2 Å². The van der Waals surface area contributed by atoms with Crippen LogP contribution in [0.15, 0.2) is 46.9 Å². The fraction of sp³-hybridized carbons (Fsp3) is 0.250. The highest BCUT2D eigenvalue weighted by Gasteiger charge is 2.15. The number of carbonyl (C=O) groups is 1. The molecule has 24 heavy (non-hydrogen) atoms. The van der Waals surface area contributed by atoms with E-state index in [1.165, 1.54) is 11.8 Å². The molecule has 1 N–H and O–H groups in total. The van der Waals surface area contributed by atoms with Crippen LogP contribution in [0.25, 0.3) is 5.69 Å². The van der Waals surface area contributed by atoms with Crippen LogP contribution in [0.3, 0.4) is 0 Å². The van der Waals surface area contributed by atoms with E-state index in [1.807, 2.05) is 55.6 Å². The van der Waals surface area contributed by atoms with E-state index in [-0.39, 0.29) is 17.7 Å². The number of tetrazole rings is 1. The van der Waals surface area contributed by atoms with Crippen LogP contribution >= 0.6 is 23.1 Å². The molecule has 1 atom stereocenters. The van der Waals surface area contributed by atoms with Gasteiger partial charge < -0.3 is 5.32 Å². The molecule has 124 valence electrons. The Balaban J connectivity index is 1.63. The van der Waals surface area contributed by atoms with Crippen molar-refractivity contribution in [3.63, 3.8) is 0 Å². The van der Waals surface area contributed by atoms with Gasteiger partial charge in [-0.05, 0) is 47.4 Å². The van der Waals surface area contributed by atoms with Gasteiger partial charge in [0.05, 0.1) is 17.5 Å². The molecule has 1 amide bonds. The SMILES string of the molecule is Cc1ccccc1-n1nnnc1SCC(=O)NC(C)c1cccs1. The first-order valence-corrected chi connectivity index (χ1v) is 9.31. The largest absolute Gasteiger partial charge is 0.348 e. The number of aryl methyl sites for hydroxylation is 1. The molecule has 0 aliphatic heterocycles. The summed E-state index contributed by atoms with van der Waals surface area (Å²) >= 11 is 2.95. The predicted molar refractivity (Wildman–Crippen MR) is 95.5 cm³/mol. The maximum atomic E-state index is 12.2. The number of aromatic nitrogens is 4. The van der Waals surface area contributed by atoms with Crippen molar-refractivity contribution in [3.8, 4) is 5.69 Å². The van der Waals surface area contributed by atoms with Gasteiger partial charge in [0, 0.05) is 4.88 Å². The summed E-state index contributed by atoms with van der Waals surface area (Å²) in [5, 5.41) is 17.4. The zero-order valence-corrected chi connectivity index (χ0v) is 15.0. The van der Waals surface area contributed by atoms with E-state index >= 15 is 0 Å². The number of hydrogen-bond donors (Lipinski definition) is 1. The summed E-state index contributed by atoms with van der Waals surface area (Å²) < 4.78 is 1.66. The van der Waals surface area contributed by atoms with Crippen molar-refractivity contribution in [2.75, 3.05) is 5.75 Å². The van der Waals surface area contributed by atoms with Crippen molar-refractivity contribution in [1.82, 2.24) is 25.5 Å². The molecule has 1 unspecified atom stereocenters. The highest BCUT2D eigenvalue weighted by atomic mass is 32.2. The Labute approximate surface area is 148 Å². The van der Waals surface area contributed by atoms with E-state index in [2.05, 4.69) is 20.8 Å². The quantitative estimate of drug-likeness (QED) is 0.685. The molecule has 2 aromatic heterocycles. The second kappa shape index (κ2) is 7.59. The summed E-state index contributed by atoms with van der Waals surface area (Å²) in [6, 6.07) is 11.9. The summed E-state index contributed by atoms with van der Waals surface area (Å²) in [7, 11) is 0. The zero-order valence-electron chi connectivity index (χ0n) is 13.3. The van der Waals surface area contributed by atoms with E-state index in [9.17, 15) is 4.79 Å². The molecule has 2 heterocycles. The zero-order chi connectivity index (χ0) is 16.9. The third-order valence-electron chi connectivity index (χ3n) is 3.46. The average molecular weight is 359 g/mol. The number of amides is 1. The second-order valence-electron chi connectivity index (χ2n) is 5.25. The Morgan fingerprint density at radius 3 is 2.92 bits per heavy atom. The monoisotopic (exact) mass is 359 g/mol. The molecule has 6 nitrogen and oxygen atoms in total. The van der Waals surface area contributed by atoms with Gasteiger partial charge in [-0.2, -0.15) is 4.68 Å². The Morgan fingerprint density at radius 1 is 1.33 bits per heavy atom. The molecular formula is C16H17N5OS2. The number of thioether (sulfide) groups is 1. The number of nitrogens with one attached hydrogen (secondary N) is 1. The van der Waals surface area contributed by atoms with Gasteiger partial charge in [-0.25, -0.2) is 0 Å². The summed E-state index contributed by atoms with van der Waals surface area (Å²) in [5.74, 6) is 0.224. The molecule has 0 bridgehead atoms. The Morgan fingerprint density at radius 2 is 2.17 bits per heavy atom. The summed E-state index contributed by atoms with van der Waals surface area (Å²) in [4.78, 5) is 13.3. The van der Waals surface area contributed by atoms with E-state index in [4.69, 9.17) is 0 Å². The lowest BCUT2D eigenvalue weighted by molar-refractivity contribution is -0.119. The topological polar surface area (TPSA) is 72.7 Å². The van der Waals surface area contributed by atoms with Crippen LogP contribution in [0.1, 0.15) is 23.4 Å². The first kappa shape index (κ1) is 16.7. The van der Waals surface area contributed by atoms with Gasteiger partial charge >= 0.3 is 0 Å². The van der Waals surface area contributed by atoms with Gasteiger partial charge in [0.25, 0.3) is 0 Å². The molecule has 0 radical (unpaired) electrons. The fourth-order valence-corrected chi connectivity index (χ4v) is 3.67. The first-order chi connectivity index (χ1) is 11.6. The van der Waals surface area contributed by atoms with Crippen molar-refractivity contribution in [1.29, 1.82) is 0 Å². The van der Waals surface area contributed by atoms with Crippen LogP contribution in [0.5, 0.6) is 0 Å². The van der Waals surface area contributed by atoms with E-state index in [0.717, 1.165) is 16.1 Å². The minimum absolute atomic E-state index is 0.00506. The van der Waals surface area contributed by atoms with Crippen LogP contribution in [0.2, 0.25) is 0 Å². The smallest absolute Gasteiger partial charge is 0.230 e. The number of carbonyl (C=O) groups excluding carboxylic acids is 1. The van der Waals surface area contributed by atoms with Crippen molar-refractivity contribution < 1.29 is 4.79 Å². The van der Waals surface area contributed by atoms with Gasteiger partial charge in [0.15, 0.2) is 0 Å². The van der Waals surface area contributed by atoms with Crippen molar-refractivity contribution in [2.45, 2.75) is 25.0 Å². The van der Waals surface area contributed by atoms with Crippen molar-refractivity contribution in [2.24, 2.45) is 0 Å². The van der Waals surface area contributed by atoms with Gasteiger partial charge in [-0.3, -0.25) is 4.79 Å². The molecule has 0 spiro atoms. The third kappa shape index (κ3) is 3.82. The Hall–Kier alpha value is -2.19. The lowest BCUT2D eigenvalue weighted by Crippen LogP contribution is -2.27. The molecule has 8 heteroatoms. The number of thiophene rings is 1. The van der Waals surface area contributed by atoms with Crippen LogP contribution in [-0.2, 0) is 4.79 Å². The van der Waals surface area contributed by atoms with Crippen LogP contribution in [0, 0.1) is 6.92 Å². The number of para-hydroxylation sites is 1. The number of benzene rings is 1. The minimum Gasteiger partial charge on any atom is -0.348 e. The normalized spacial score (nSPS) is 12.1. The standard InChI is InChI=1S/C16H17N5OS2/c1-11-6-3-4-7-13(11)21-16(18-19-20-21)24-10-15(22)17-12(2)14-8-5-9-23-14/h3-9,12H,10H2,1-2H3,(H,17,22). The third-order valence-corrected chi connectivity index (χ3v) is 5.44. The Bertz CT molecular complexity index is 816. The lowest BCUT2D eigenvalue weighted by atomic mass is 10.2. The van der Waals surface area contributed by atoms with E-state index < -0.39 is 0 Å². The highest BCUT2D eigenvalue weighted by Crippen LogP contribution is 2.21. The van der Waals surface area contributed by atoms with Gasteiger partial charge in [-0.1, -0.05) is 36.0 Å². The van der Waals surface area contributed by atoms with Crippen molar-refractivity contribution >= 4 is 29.0 Å². The molecule has 0 saturated heterocycles. The van der Waals surface area contributed by atoms with E-state index in [0.29, 0.717) is 5.16 Å². The maximum absolute atomic E-state index is 12.2. The minimum atomic E-state index is -0.0415. The van der Waals surface area contributed by atoms with Crippen LogP contribution in [-0.4, -0.2) is 31.9 Å². The van der Waals surface area contributed by atoms with Gasteiger partial charge in [0.2, 0.25) is 11.1 Å². The molecule has 0 saturated carbocycles. The number of nitrogens with zero attached hydrogens (tertiary/aromatic N) is 4. The summed E-state index contributed by atoms with van der Waals surface area (Å²) in [6.45, 7) is 3.98. The van der Waals surface area contributed by atoms with Gasteiger partial charge in [0.1, 0.15) is 0 Å². The molecule has 0 fully saturated rings. The molecule has 3 aromatic rings. The van der Waals surface area contributed by atoms with Crippen LogP contribution in [0.4, 0.5) is 0 Å². The van der Waals surface area contributed by atoms with Crippen LogP contribution < -0.4 is 5.32 Å². The Kier molecular flexibility index (Phi) is 5.27. The molecule has 1 aromatic carbocycles. The first-order valence-electron chi connectivity index (χ1n) is 7.45. The number of rotatable bonds is 6. The highest BCUT2D eigenvalue weighted by molar-refractivity contribution is 7.99. The summed E-state index contributed by atoms with van der Waals surface area (Å²) in [5.41, 5.74) is 1.99. The maximum Gasteiger partial charge on any atom is 0.230 e. The fourth-order valence-electron chi connectivity index (χ4n) is 2.24.